The molecule has 0 atom stereocenters. The first-order chi connectivity index (χ1) is 28.2. The summed E-state index contributed by atoms with van der Waals surface area (Å²) in [6, 6.07) is 78.3. The molecule has 11 rings (SSSR count). The van der Waals surface area contributed by atoms with Gasteiger partial charge in [-0.3, -0.25) is 0 Å². The van der Waals surface area contributed by atoms with Gasteiger partial charge >= 0.3 is 0 Å². The molecule has 0 spiro atoms. The average molecular weight is 729 g/mol. The Bertz CT molecular complexity index is 3260. The smallest absolute Gasteiger partial charge is 0.143 e. The molecular weight excluding hydrogens is 693 g/mol. The maximum Gasteiger partial charge on any atom is 0.143 e. The van der Waals surface area contributed by atoms with Gasteiger partial charge in [-0.1, -0.05) is 152 Å². The van der Waals surface area contributed by atoms with Gasteiger partial charge in [-0.2, -0.15) is 0 Å². The van der Waals surface area contributed by atoms with E-state index in [1.165, 1.54) is 27.1 Å². The Kier molecular flexibility index (Phi) is 7.82. The van der Waals surface area contributed by atoms with Crippen molar-refractivity contribution in [3.8, 4) is 11.1 Å². The van der Waals surface area contributed by atoms with E-state index in [-0.39, 0.29) is 0 Å². The van der Waals surface area contributed by atoms with Crippen molar-refractivity contribution in [2.45, 2.75) is 0 Å². The molecule has 0 saturated heterocycles. The highest BCUT2D eigenvalue weighted by Crippen LogP contribution is 2.50. The summed E-state index contributed by atoms with van der Waals surface area (Å²) in [4.78, 5) is 4.80. The Labute approximate surface area is 330 Å². The topological polar surface area (TPSA) is 19.6 Å². The lowest BCUT2D eigenvalue weighted by Gasteiger charge is -2.33. The monoisotopic (exact) mass is 728 g/mol. The lowest BCUT2D eigenvalue weighted by molar-refractivity contribution is 0.672. The number of benzene rings is 10. The molecule has 3 nitrogen and oxygen atoms in total. The quantitative estimate of drug-likeness (QED) is 0.163. The summed E-state index contributed by atoms with van der Waals surface area (Å²) >= 11 is 0. The van der Waals surface area contributed by atoms with Crippen molar-refractivity contribution in [2.75, 3.05) is 9.80 Å². The first kappa shape index (κ1) is 32.8. The normalized spacial score (nSPS) is 11.5. The highest BCUT2D eigenvalue weighted by atomic mass is 16.3. The van der Waals surface area contributed by atoms with Crippen LogP contribution >= 0.6 is 0 Å². The molecule has 0 fully saturated rings. The lowest BCUT2D eigenvalue weighted by Crippen LogP contribution is -2.17. The van der Waals surface area contributed by atoms with Gasteiger partial charge in [0.25, 0.3) is 0 Å². The number of nitrogens with zero attached hydrogens (tertiary/aromatic N) is 2. The summed E-state index contributed by atoms with van der Waals surface area (Å²) in [5.74, 6) is 0. The standard InChI is InChI=1S/C54H36N2O/c1-3-14-37(15-4-1)43-21-13-24-45(32-43)56(47-30-27-39-17-8-10-20-42(39)34-47)51-35-50-49-31-28-40-18-11-12-25-48(40)54(49)57-53(50)36-52(51)55(44-22-5-2-6-23-44)46-29-26-38-16-7-9-19-41(38)33-46/h1-36H. The third kappa shape index (κ3) is 5.76. The van der Waals surface area contributed by atoms with Crippen LogP contribution < -0.4 is 9.80 Å². The highest BCUT2D eigenvalue weighted by molar-refractivity contribution is 6.17. The molecule has 10 aromatic carbocycles. The number of hydrogen-bond donors (Lipinski definition) is 0. The summed E-state index contributed by atoms with van der Waals surface area (Å²) in [7, 11) is 0. The number of rotatable bonds is 7. The first-order valence-corrected chi connectivity index (χ1v) is 19.4. The Morgan fingerprint density at radius 2 is 0.789 bits per heavy atom. The van der Waals surface area contributed by atoms with Crippen molar-refractivity contribution in [3.05, 3.63) is 218 Å². The van der Waals surface area contributed by atoms with E-state index in [0.717, 1.165) is 72.4 Å². The third-order valence-electron chi connectivity index (χ3n) is 11.1. The fourth-order valence-electron chi connectivity index (χ4n) is 8.40. The Balaban J connectivity index is 1.25. The summed E-state index contributed by atoms with van der Waals surface area (Å²) in [5.41, 5.74) is 10.3. The number of para-hydroxylation sites is 1. The van der Waals surface area contributed by atoms with Crippen LogP contribution in [0.15, 0.2) is 223 Å². The second-order valence-electron chi connectivity index (χ2n) is 14.6. The Morgan fingerprint density at radius 1 is 0.281 bits per heavy atom. The fourth-order valence-corrected chi connectivity index (χ4v) is 8.40. The Morgan fingerprint density at radius 3 is 1.49 bits per heavy atom. The molecule has 0 bridgehead atoms. The molecule has 1 heterocycles. The molecule has 0 amide bonds. The van der Waals surface area contributed by atoms with E-state index in [0.29, 0.717) is 0 Å². The van der Waals surface area contributed by atoms with Crippen LogP contribution in [0.5, 0.6) is 0 Å². The molecule has 0 N–H and O–H groups in total. The van der Waals surface area contributed by atoms with Crippen molar-refractivity contribution in [3.63, 3.8) is 0 Å². The second kappa shape index (κ2) is 13.6. The number of furan rings is 1. The van der Waals surface area contributed by atoms with Gasteiger partial charge < -0.3 is 14.2 Å². The maximum absolute atomic E-state index is 6.93. The van der Waals surface area contributed by atoms with E-state index in [1.54, 1.807) is 0 Å². The summed E-state index contributed by atoms with van der Waals surface area (Å²) in [5, 5.41) is 9.16. The minimum absolute atomic E-state index is 0.832. The van der Waals surface area contributed by atoms with Gasteiger partial charge in [0.2, 0.25) is 0 Å². The van der Waals surface area contributed by atoms with Gasteiger partial charge in [0.15, 0.2) is 0 Å². The van der Waals surface area contributed by atoms with Crippen molar-refractivity contribution in [2.24, 2.45) is 0 Å². The van der Waals surface area contributed by atoms with Crippen LogP contribution in [0.2, 0.25) is 0 Å². The molecule has 268 valence electrons. The van der Waals surface area contributed by atoms with E-state index in [2.05, 4.69) is 228 Å². The van der Waals surface area contributed by atoms with Crippen LogP contribution in [0.25, 0.3) is 65.4 Å². The Hall–Kier alpha value is -7.62. The van der Waals surface area contributed by atoms with E-state index in [4.69, 9.17) is 4.42 Å². The van der Waals surface area contributed by atoms with Gasteiger partial charge in [0.05, 0.1) is 11.4 Å². The number of fused-ring (bicyclic) bond motifs is 7. The van der Waals surface area contributed by atoms with Crippen LogP contribution in [-0.4, -0.2) is 0 Å². The molecule has 0 aliphatic heterocycles. The molecule has 0 unspecified atom stereocenters. The van der Waals surface area contributed by atoms with Crippen LogP contribution in [-0.2, 0) is 0 Å². The van der Waals surface area contributed by atoms with Crippen molar-refractivity contribution < 1.29 is 4.42 Å². The van der Waals surface area contributed by atoms with E-state index in [1.807, 2.05) is 0 Å². The molecule has 57 heavy (non-hydrogen) atoms. The van der Waals surface area contributed by atoms with Crippen LogP contribution in [0, 0.1) is 0 Å². The SMILES string of the molecule is c1ccc(-c2cccc(N(c3ccc4ccccc4c3)c3cc4c(cc3N(c3ccccc3)c3ccc5ccccc5c3)oc3c5ccccc5ccc43)c2)cc1. The van der Waals surface area contributed by atoms with Gasteiger partial charge in [-0.15, -0.1) is 0 Å². The van der Waals surface area contributed by atoms with Crippen LogP contribution in [0.1, 0.15) is 0 Å². The van der Waals surface area contributed by atoms with E-state index < -0.39 is 0 Å². The lowest BCUT2D eigenvalue weighted by atomic mass is 10.0. The molecule has 0 aliphatic carbocycles. The molecule has 3 heteroatoms. The summed E-state index contributed by atoms with van der Waals surface area (Å²) < 4.78 is 6.93. The zero-order valence-corrected chi connectivity index (χ0v) is 31.1. The largest absolute Gasteiger partial charge is 0.455 e. The minimum Gasteiger partial charge on any atom is -0.455 e. The van der Waals surface area contributed by atoms with Crippen LogP contribution in [0.3, 0.4) is 0 Å². The predicted octanol–water partition coefficient (Wildman–Crippen LogP) is 15.7. The number of hydrogen-bond acceptors (Lipinski definition) is 3. The molecule has 0 radical (unpaired) electrons. The maximum atomic E-state index is 6.93. The van der Waals surface area contributed by atoms with E-state index >= 15 is 0 Å². The molecule has 0 saturated carbocycles. The van der Waals surface area contributed by atoms with Crippen LogP contribution in [0.4, 0.5) is 34.1 Å². The number of anilines is 6. The summed E-state index contributed by atoms with van der Waals surface area (Å²) in [6.07, 6.45) is 0. The van der Waals surface area contributed by atoms with Gasteiger partial charge in [-0.25, -0.2) is 0 Å². The second-order valence-corrected chi connectivity index (χ2v) is 14.6. The molecule has 1 aromatic heterocycles. The highest BCUT2D eigenvalue weighted by Gasteiger charge is 2.26. The first-order valence-electron chi connectivity index (χ1n) is 19.4. The van der Waals surface area contributed by atoms with Crippen molar-refractivity contribution in [1.82, 2.24) is 0 Å². The molecule has 0 aliphatic rings. The van der Waals surface area contributed by atoms with Crippen molar-refractivity contribution in [1.29, 1.82) is 0 Å². The summed E-state index contributed by atoms with van der Waals surface area (Å²) in [6.45, 7) is 0. The molecular formula is C54H36N2O. The fraction of sp³-hybridized carbons (Fsp3) is 0. The zero-order chi connectivity index (χ0) is 37.7. The zero-order valence-electron chi connectivity index (χ0n) is 31.1. The van der Waals surface area contributed by atoms with Gasteiger partial charge in [0, 0.05) is 45.0 Å². The van der Waals surface area contributed by atoms with Crippen molar-refractivity contribution >= 4 is 88.4 Å². The average Bonchev–Trinajstić information content (AvgIpc) is 3.65. The van der Waals surface area contributed by atoms with Gasteiger partial charge in [-0.05, 0) is 98.7 Å². The minimum atomic E-state index is 0.832. The van der Waals surface area contributed by atoms with E-state index in [9.17, 15) is 0 Å². The third-order valence-corrected chi connectivity index (χ3v) is 11.1. The predicted molar refractivity (Wildman–Crippen MR) is 241 cm³/mol. The van der Waals surface area contributed by atoms with Gasteiger partial charge in [0.1, 0.15) is 11.2 Å². The molecule has 11 aromatic rings.